The largest absolute Gasteiger partial charge is 0.342 e. The minimum atomic E-state index is -0.327. The van der Waals surface area contributed by atoms with Gasteiger partial charge in [0.15, 0.2) is 0 Å². The fourth-order valence-electron chi connectivity index (χ4n) is 3.36. The van der Waals surface area contributed by atoms with Crippen LogP contribution in [0, 0.1) is 11.8 Å². The van der Waals surface area contributed by atoms with Crippen LogP contribution in [0.4, 0.5) is 0 Å². The summed E-state index contributed by atoms with van der Waals surface area (Å²) in [5.41, 5.74) is 0. The standard InChI is InChI=1S/C16H28N2O2/c1-4-11(2)14-16(20)18(12(3)15(19)17-14)10-13-8-6-5-7-9-13/h11-14H,4-10H2,1-3H3,(H,17,19). The Morgan fingerprint density at radius 1 is 1.25 bits per heavy atom. The molecule has 0 aromatic carbocycles. The lowest BCUT2D eigenvalue weighted by Gasteiger charge is -2.41. The lowest BCUT2D eigenvalue weighted by Crippen LogP contribution is -2.64. The number of carbonyl (C=O) groups excluding carboxylic acids is 2. The summed E-state index contributed by atoms with van der Waals surface area (Å²) in [6.45, 7) is 6.72. The highest BCUT2D eigenvalue weighted by molar-refractivity contribution is 5.96. The molecule has 1 heterocycles. The van der Waals surface area contributed by atoms with Gasteiger partial charge in [-0.2, -0.15) is 0 Å². The highest BCUT2D eigenvalue weighted by Gasteiger charge is 2.40. The summed E-state index contributed by atoms with van der Waals surface area (Å²) in [6.07, 6.45) is 7.15. The lowest BCUT2D eigenvalue weighted by molar-refractivity contribution is -0.151. The molecule has 1 saturated carbocycles. The Morgan fingerprint density at radius 2 is 1.90 bits per heavy atom. The van der Waals surface area contributed by atoms with Gasteiger partial charge in [0, 0.05) is 6.54 Å². The summed E-state index contributed by atoms with van der Waals surface area (Å²) >= 11 is 0. The summed E-state index contributed by atoms with van der Waals surface area (Å²) < 4.78 is 0. The number of carbonyl (C=O) groups is 2. The zero-order valence-electron chi connectivity index (χ0n) is 13.0. The smallest absolute Gasteiger partial charge is 0.246 e. The number of piperazine rings is 1. The Labute approximate surface area is 122 Å². The second-order valence-electron chi connectivity index (χ2n) is 6.54. The Bertz CT molecular complexity index is 363. The molecule has 4 nitrogen and oxygen atoms in total. The normalized spacial score (nSPS) is 30.2. The maximum absolute atomic E-state index is 12.7. The topological polar surface area (TPSA) is 49.4 Å². The number of nitrogens with one attached hydrogen (secondary N) is 1. The SMILES string of the molecule is CCC(C)C1NC(=O)C(C)N(CC2CCCCC2)C1=O. The van der Waals surface area contributed by atoms with Crippen molar-refractivity contribution in [3.63, 3.8) is 0 Å². The third-order valence-corrected chi connectivity index (χ3v) is 5.09. The first kappa shape index (κ1) is 15.3. The van der Waals surface area contributed by atoms with Gasteiger partial charge < -0.3 is 10.2 Å². The van der Waals surface area contributed by atoms with Crippen molar-refractivity contribution in [2.24, 2.45) is 11.8 Å². The van der Waals surface area contributed by atoms with E-state index in [1.54, 1.807) is 0 Å². The van der Waals surface area contributed by atoms with Crippen LogP contribution < -0.4 is 5.32 Å². The predicted molar refractivity (Wildman–Crippen MR) is 79.1 cm³/mol. The van der Waals surface area contributed by atoms with Crippen LogP contribution >= 0.6 is 0 Å². The molecule has 20 heavy (non-hydrogen) atoms. The van der Waals surface area contributed by atoms with Crippen LogP contribution in [0.2, 0.25) is 0 Å². The third kappa shape index (κ3) is 3.15. The zero-order valence-corrected chi connectivity index (χ0v) is 13.0. The number of rotatable bonds is 4. The molecule has 2 aliphatic rings. The first-order valence-electron chi connectivity index (χ1n) is 8.15. The van der Waals surface area contributed by atoms with Gasteiger partial charge in [-0.15, -0.1) is 0 Å². The van der Waals surface area contributed by atoms with Crippen molar-refractivity contribution in [2.45, 2.75) is 71.4 Å². The summed E-state index contributed by atoms with van der Waals surface area (Å²) in [4.78, 5) is 26.6. The quantitative estimate of drug-likeness (QED) is 0.859. The fourth-order valence-corrected chi connectivity index (χ4v) is 3.36. The van der Waals surface area contributed by atoms with Crippen molar-refractivity contribution in [2.75, 3.05) is 6.54 Å². The maximum atomic E-state index is 12.7. The third-order valence-electron chi connectivity index (χ3n) is 5.09. The molecular formula is C16H28N2O2. The minimum Gasteiger partial charge on any atom is -0.342 e. The molecule has 2 amide bonds. The Morgan fingerprint density at radius 3 is 2.50 bits per heavy atom. The Balaban J connectivity index is 2.07. The molecule has 1 saturated heterocycles. The Kier molecular flexibility index (Phi) is 5.06. The second kappa shape index (κ2) is 6.59. The van der Waals surface area contributed by atoms with Gasteiger partial charge in [-0.25, -0.2) is 0 Å². The molecule has 3 unspecified atom stereocenters. The van der Waals surface area contributed by atoms with Gasteiger partial charge in [-0.3, -0.25) is 9.59 Å². The summed E-state index contributed by atoms with van der Waals surface area (Å²) in [5.74, 6) is 0.911. The molecule has 3 atom stereocenters. The Hall–Kier alpha value is -1.06. The van der Waals surface area contributed by atoms with E-state index in [1.807, 2.05) is 18.7 Å². The molecule has 0 radical (unpaired) electrons. The van der Waals surface area contributed by atoms with Crippen LogP contribution in [-0.2, 0) is 9.59 Å². The summed E-state index contributed by atoms with van der Waals surface area (Å²) in [5, 5.41) is 2.90. The molecule has 0 aromatic heterocycles. The second-order valence-corrected chi connectivity index (χ2v) is 6.54. The summed E-state index contributed by atoms with van der Waals surface area (Å²) in [7, 11) is 0. The molecule has 1 aliphatic heterocycles. The number of amides is 2. The minimum absolute atomic E-state index is 0.00529. The highest BCUT2D eigenvalue weighted by atomic mass is 16.2. The molecule has 2 fully saturated rings. The van der Waals surface area contributed by atoms with Crippen molar-refractivity contribution < 1.29 is 9.59 Å². The van der Waals surface area contributed by atoms with E-state index in [4.69, 9.17) is 0 Å². The lowest BCUT2D eigenvalue weighted by atomic mass is 9.87. The molecule has 0 aromatic rings. The summed E-state index contributed by atoms with van der Waals surface area (Å²) in [6, 6.07) is -0.642. The van der Waals surface area contributed by atoms with E-state index in [0.29, 0.717) is 5.92 Å². The molecule has 0 spiro atoms. The van der Waals surface area contributed by atoms with Gasteiger partial charge >= 0.3 is 0 Å². The van der Waals surface area contributed by atoms with Crippen LogP contribution in [-0.4, -0.2) is 35.3 Å². The number of nitrogens with zero attached hydrogens (tertiary/aromatic N) is 1. The van der Waals surface area contributed by atoms with Crippen molar-refractivity contribution in [3.05, 3.63) is 0 Å². The van der Waals surface area contributed by atoms with E-state index in [9.17, 15) is 9.59 Å². The predicted octanol–water partition coefficient (Wildman–Crippen LogP) is 2.33. The van der Waals surface area contributed by atoms with Crippen LogP contribution in [0.15, 0.2) is 0 Å². The van der Waals surface area contributed by atoms with Gasteiger partial charge in [0.2, 0.25) is 11.8 Å². The van der Waals surface area contributed by atoms with Crippen molar-refractivity contribution in [1.82, 2.24) is 10.2 Å². The van der Waals surface area contributed by atoms with E-state index in [0.717, 1.165) is 13.0 Å². The van der Waals surface area contributed by atoms with Crippen LogP contribution in [0.1, 0.15) is 59.3 Å². The van der Waals surface area contributed by atoms with Gasteiger partial charge in [0.25, 0.3) is 0 Å². The average molecular weight is 280 g/mol. The van der Waals surface area contributed by atoms with Gasteiger partial charge in [0.1, 0.15) is 12.1 Å². The van der Waals surface area contributed by atoms with Gasteiger partial charge in [-0.1, -0.05) is 39.5 Å². The van der Waals surface area contributed by atoms with E-state index < -0.39 is 0 Å². The zero-order chi connectivity index (χ0) is 14.7. The van der Waals surface area contributed by atoms with E-state index in [-0.39, 0.29) is 29.8 Å². The molecular weight excluding hydrogens is 252 g/mol. The molecule has 2 rings (SSSR count). The van der Waals surface area contributed by atoms with Crippen molar-refractivity contribution >= 4 is 11.8 Å². The molecule has 114 valence electrons. The first-order chi connectivity index (χ1) is 9.54. The van der Waals surface area contributed by atoms with E-state index in [1.165, 1.54) is 32.1 Å². The average Bonchev–Trinajstić information content (AvgIpc) is 2.47. The maximum Gasteiger partial charge on any atom is 0.246 e. The van der Waals surface area contributed by atoms with Crippen molar-refractivity contribution in [3.8, 4) is 0 Å². The molecule has 0 bridgehead atoms. The number of hydrogen-bond acceptors (Lipinski definition) is 2. The van der Waals surface area contributed by atoms with Gasteiger partial charge in [-0.05, 0) is 31.6 Å². The van der Waals surface area contributed by atoms with Crippen molar-refractivity contribution in [1.29, 1.82) is 0 Å². The van der Waals surface area contributed by atoms with Crippen LogP contribution in [0.3, 0.4) is 0 Å². The monoisotopic (exact) mass is 280 g/mol. The van der Waals surface area contributed by atoms with E-state index >= 15 is 0 Å². The van der Waals surface area contributed by atoms with E-state index in [2.05, 4.69) is 12.2 Å². The van der Waals surface area contributed by atoms with Crippen LogP contribution in [0.25, 0.3) is 0 Å². The number of hydrogen-bond donors (Lipinski definition) is 1. The van der Waals surface area contributed by atoms with Crippen LogP contribution in [0.5, 0.6) is 0 Å². The highest BCUT2D eigenvalue weighted by Crippen LogP contribution is 2.27. The van der Waals surface area contributed by atoms with Gasteiger partial charge in [0.05, 0.1) is 0 Å². The first-order valence-corrected chi connectivity index (χ1v) is 8.15. The molecule has 1 aliphatic carbocycles. The molecule has 4 heteroatoms. The molecule has 1 N–H and O–H groups in total. The fraction of sp³-hybridized carbons (Fsp3) is 0.875.